The van der Waals surface area contributed by atoms with E-state index in [4.69, 9.17) is 4.74 Å². The van der Waals surface area contributed by atoms with Crippen molar-refractivity contribution in [3.63, 3.8) is 0 Å². The molecule has 1 N–H and O–H groups in total. The predicted octanol–water partition coefficient (Wildman–Crippen LogP) is 3.72. The van der Waals surface area contributed by atoms with Gasteiger partial charge in [-0.1, -0.05) is 27.6 Å². The third kappa shape index (κ3) is 2.49. The van der Waals surface area contributed by atoms with Gasteiger partial charge in [0.15, 0.2) is 5.78 Å². The fraction of sp³-hybridized carbons (Fsp3) is 0.438. The first-order valence-corrected chi connectivity index (χ1v) is 7.79. The highest BCUT2D eigenvalue weighted by atomic mass is 79.9. The largest absolute Gasteiger partial charge is 0.507 e. The van der Waals surface area contributed by atoms with Gasteiger partial charge < -0.3 is 9.84 Å². The van der Waals surface area contributed by atoms with Crippen molar-refractivity contribution >= 4 is 21.7 Å². The first-order valence-electron chi connectivity index (χ1n) is 6.67. The van der Waals surface area contributed by atoms with Gasteiger partial charge in [-0.05, 0) is 37.8 Å². The van der Waals surface area contributed by atoms with Crippen LogP contribution in [-0.4, -0.2) is 23.3 Å². The first-order chi connectivity index (χ1) is 9.51. The van der Waals surface area contributed by atoms with Crippen LogP contribution in [-0.2, 0) is 12.8 Å². The summed E-state index contributed by atoms with van der Waals surface area (Å²) < 4.78 is 5.47. The number of phenolic OH excluding ortho intramolecular Hbond substituents is 1. The van der Waals surface area contributed by atoms with Crippen LogP contribution in [0.5, 0.6) is 11.5 Å². The minimum atomic E-state index is 0.0331. The zero-order valence-electron chi connectivity index (χ0n) is 12.0. The van der Waals surface area contributed by atoms with Crippen molar-refractivity contribution in [1.82, 2.24) is 0 Å². The normalized spacial score (nSPS) is 14.6. The molecule has 0 unspecified atom stereocenters. The molecule has 0 aliphatic heterocycles. The molecule has 0 bridgehead atoms. The van der Waals surface area contributed by atoms with Gasteiger partial charge in [0, 0.05) is 17.3 Å². The minimum absolute atomic E-state index is 0.0331. The number of alkyl halides is 1. The number of carbonyl (C=O) groups excluding carboxylic acids is 1. The SMILES string of the molecule is COc1c(C)c2c(c(O)c1C/C=C(\C)CBr)C(=O)CC2. The molecule has 4 heteroatoms. The second-order valence-electron chi connectivity index (χ2n) is 5.15. The van der Waals surface area contributed by atoms with Crippen LogP contribution in [0.3, 0.4) is 0 Å². The van der Waals surface area contributed by atoms with E-state index in [9.17, 15) is 9.90 Å². The maximum absolute atomic E-state index is 12.0. The molecule has 0 fully saturated rings. The molecule has 20 heavy (non-hydrogen) atoms. The maximum atomic E-state index is 12.0. The zero-order valence-corrected chi connectivity index (χ0v) is 13.6. The summed E-state index contributed by atoms with van der Waals surface area (Å²) in [6.45, 7) is 3.98. The molecule has 1 aromatic rings. The number of ketones is 1. The Balaban J connectivity index is 2.58. The van der Waals surface area contributed by atoms with E-state index in [1.165, 1.54) is 5.57 Å². The Morgan fingerprint density at radius 2 is 2.15 bits per heavy atom. The van der Waals surface area contributed by atoms with E-state index in [2.05, 4.69) is 15.9 Å². The van der Waals surface area contributed by atoms with E-state index in [-0.39, 0.29) is 11.5 Å². The van der Waals surface area contributed by atoms with Crippen LogP contribution in [0.25, 0.3) is 0 Å². The Bertz CT molecular complexity index is 588. The highest BCUT2D eigenvalue weighted by Crippen LogP contribution is 2.42. The van der Waals surface area contributed by atoms with Crippen LogP contribution in [0.15, 0.2) is 11.6 Å². The molecule has 0 radical (unpaired) electrons. The molecule has 0 saturated carbocycles. The number of hydrogen-bond acceptors (Lipinski definition) is 3. The highest BCUT2D eigenvalue weighted by molar-refractivity contribution is 9.09. The standard InChI is InChI=1S/C16H19BrO3/c1-9(8-17)4-5-12-15(19)14-11(6-7-13(14)18)10(2)16(12)20-3/h4,19H,5-8H2,1-3H3/b9-4+. The monoisotopic (exact) mass is 338 g/mol. The lowest BCUT2D eigenvalue weighted by Crippen LogP contribution is -2.03. The zero-order chi connectivity index (χ0) is 14.9. The van der Waals surface area contributed by atoms with E-state index in [0.29, 0.717) is 36.1 Å². The number of hydrogen-bond donors (Lipinski definition) is 1. The summed E-state index contributed by atoms with van der Waals surface area (Å²) in [6.07, 6.45) is 3.78. The smallest absolute Gasteiger partial charge is 0.167 e. The fourth-order valence-corrected chi connectivity index (χ4v) is 2.95. The van der Waals surface area contributed by atoms with E-state index in [1.807, 2.05) is 19.9 Å². The van der Waals surface area contributed by atoms with Gasteiger partial charge >= 0.3 is 0 Å². The molecule has 1 aliphatic rings. The van der Waals surface area contributed by atoms with Gasteiger partial charge in [0.25, 0.3) is 0 Å². The highest BCUT2D eigenvalue weighted by Gasteiger charge is 2.30. The number of benzene rings is 1. The number of rotatable bonds is 4. The fourth-order valence-electron chi connectivity index (χ4n) is 2.73. The number of ether oxygens (including phenoxy) is 1. The molecule has 1 aliphatic carbocycles. The molecule has 0 amide bonds. The molecule has 3 nitrogen and oxygen atoms in total. The Morgan fingerprint density at radius 3 is 2.75 bits per heavy atom. The lowest BCUT2D eigenvalue weighted by Gasteiger charge is -2.17. The van der Waals surface area contributed by atoms with Gasteiger partial charge in [-0.15, -0.1) is 0 Å². The van der Waals surface area contributed by atoms with Crippen molar-refractivity contribution in [2.24, 2.45) is 0 Å². The topological polar surface area (TPSA) is 46.5 Å². The van der Waals surface area contributed by atoms with Gasteiger partial charge in [0.2, 0.25) is 0 Å². The molecule has 0 spiro atoms. The molecule has 0 saturated heterocycles. The van der Waals surface area contributed by atoms with Crippen LogP contribution < -0.4 is 4.74 Å². The number of methoxy groups -OCH3 is 1. The lowest BCUT2D eigenvalue weighted by molar-refractivity contribution is 0.0992. The van der Waals surface area contributed by atoms with Crippen molar-refractivity contribution in [2.45, 2.75) is 33.1 Å². The molecule has 0 atom stereocenters. The predicted molar refractivity (Wildman–Crippen MR) is 83.3 cm³/mol. The van der Waals surface area contributed by atoms with E-state index in [0.717, 1.165) is 16.5 Å². The molecule has 1 aromatic carbocycles. The quantitative estimate of drug-likeness (QED) is 0.672. The maximum Gasteiger partial charge on any atom is 0.167 e. The summed E-state index contributed by atoms with van der Waals surface area (Å²) >= 11 is 3.40. The van der Waals surface area contributed by atoms with Gasteiger partial charge in [-0.2, -0.15) is 0 Å². The van der Waals surface area contributed by atoms with Gasteiger partial charge in [-0.25, -0.2) is 0 Å². The summed E-state index contributed by atoms with van der Waals surface area (Å²) in [4.78, 5) is 12.0. The average Bonchev–Trinajstić information content (AvgIpc) is 2.83. The Kier molecular flexibility index (Phi) is 4.53. The van der Waals surface area contributed by atoms with Gasteiger partial charge in [0.05, 0.1) is 12.7 Å². The van der Waals surface area contributed by atoms with Crippen molar-refractivity contribution in [2.75, 3.05) is 12.4 Å². The summed E-state index contributed by atoms with van der Waals surface area (Å²) in [5.74, 6) is 0.837. The molecular weight excluding hydrogens is 320 g/mol. The Hall–Kier alpha value is -1.29. The molecular formula is C16H19BrO3. The van der Waals surface area contributed by atoms with Crippen LogP contribution in [0.4, 0.5) is 0 Å². The Labute approximate surface area is 127 Å². The number of allylic oxidation sites excluding steroid dienone is 2. The van der Waals surface area contributed by atoms with E-state index in [1.54, 1.807) is 7.11 Å². The minimum Gasteiger partial charge on any atom is -0.507 e. The summed E-state index contributed by atoms with van der Waals surface area (Å²) in [5, 5.41) is 11.3. The number of halogens is 1. The summed E-state index contributed by atoms with van der Waals surface area (Å²) in [5.41, 5.74) is 4.30. The van der Waals surface area contributed by atoms with Crippen molar-refractivity contribution < 1.29 is 14.6 Å². The van der Waals surface area contributed by atoms with Crippen molar-refractivity contribution in [3.8, 4) is 11.5 Å². The molecule has 2 rings (SSSR count). The number of Topliss-reactive ketones (excluding diaryl/α,β-unsaturated/α-hetero) is 1. The van der Waals surface area contributed by atoms with E-state index < -0.39 is 0 Å². The van der Waals surface area contributed by atoms with Gasteiger partial charge in [0.1, 0.15) is 11.5 Å². The molecule has 0 heterocycles. The average molecular weight is 339 g/mol. The lowest BCUT2D eigenvalue weighted by atomic mass is 9.95. The van der Waals surface area contributed by atoms with Gasteiger partial charge in [-0.3, -0.25) is 4.79 Å². The second-order valence-corrected chi connectivity index (χ2v) is 5.71. The number of fused-ring (bicyclic) bond motifs is 1. The Morgan fingerprint density at radius 1 is 1.45 bits per heavy atom. The van der Waals surface area contributed by atoms with Crippen LogP contribution >= 0.6 is 15.9 Å². The van der Waals surface area contributed by atoms with Crippen LogP contribution in [0.2, 0.25) is 0 Å². The summed E-state index contributed by atoms with van der Waals surface area (Å²) in [7, 11) is 1.61. The first kappa shape index (κ1) is 15.1. The number of aromatic hydroxyl groups is 1. The third-order valence-corrected chi connectivity index (χ3v) is 4.73. The van der Waals surface area contributed by atoms with Crippen molar-refractivity contribution in [3.05, 3.63) is 33.9 Å². The van der Waals surface area contributed by atoms with Crippen molar-refractivity contribution in [1.29, 1.82) is 0 Å². The van der Waals surface area contributed by atoms with Crippen LogP contribution in [0.1, 0.15) is 40.4 Å². The molecule has 0 aromatic heterocycles. The molecule has 108 valence electrons. The number of carbonyl (C=O) groups is 1. The third-order valence-electron chi connectivity index (χ3n) is 3.84. The second kappa shape index (κ2) is 6.00. The number of phenols is 1. The van der Waals surface area contributed by atoms with E-state index >= 15 is 0 Å². The van der Waals surface area contributed by atoms with Crippen LogP contribution in [0, 0.1) is 6.92 Å². The summed E-state index contributed by atoms with van der Waals surface area (Å²) in [6, 6.07) is 0.